The van der Waals surface area contributed by atoms with Crippen LogP contribution in [0, 0.1) is 0 Å². The van der Waals surface area contributed by atoms with Crippen LogP contribution in [0.25, 0.3) is 17.0 Å². The van der Waals surface area contributed by atoms with Gasteiger partial charge in [0, 0.05) is 23.9 Å². The molecule has 7 heteroatoms. The molecule has 0 aliphatic rings. The fourth-order valence-corrected chi connectivity index (χ4v) is 2.02. The highest BCUT2D eigenvalue weighted by Gasteiger charge is 2.12. The number of hydrogen-bond donors (Lipinski definition) is 0. The van der Waals surface area contributed by atoms with Crippen LogP contribution >= 0.6 is 0 Å². The first-order valence-corrected chi connectivity index (χ1v) is 6.73. The van der Waals surface area contributed by atoms with Crippen LogP contribution in [-0.2, 0) is 16.1 Å². The first kappa shape index (κ1) is 16.1. The summed E-state index contributed by atoms with van der Waals surface area (Å²) in [6, 6.07) is 9.50. The fraction of sp³-hybridized carbons (Fsp3) is 0.200. The molecule has 3 aromatic rings. The van der Waals surface area contributed by atoms with Gasteiger partial charge in [-0.15, -0.1) is 5.10 Å². The van der Waals surface area contributed by atoms with E-state index in [1.807, 2.05) is 48.9 Å². The molecule has 0 saturated heterocycles. The summed E-state index contributed by atoms with van der Waals surface area (Å²) in [4.78, 5) is 15.9. The van der Waals surface area contributed by atoms with Crippen molar-refractivity contribution < 1.29 is 31.1 Å². The SMILES string of the molecule is CCOC(=O)C[n+]1ccc(-c2nc3ccccn3n2)cc1.[Br-]. The van der Waals surface area contributed by atoms with Gasteiger partial charge in [-0.25, -0.2) is 14.3 Å². The van der Waals surface area contributed by atoms with Crippen molar-refractivity contribution >= 4 is 11.6 Å². The quantitative estimate of drug-likeness (QED) is 0.408. The number of ether oxygens (including phenoxy) is 1. The minimum atomic E-state index is -0.249. The highest BCUT2D eigenvalue weighted by Crippen LogP contribution is 2.14. The number of carbonyl (C=O) groups excluding carboxylic acids is 1. The van der Waals surface area contributed by atoms with Crippen molar-refractivity contribution in [3.63, 3.8) is 0 Å². The highest BCUT2D eigenvalue weighted by molar-refractivity contribution is 5.67. The van der Waals surface area contributed by atoms with Crippen LogP contribution in [0.4, 0.5) is 0 Å². The van der Waals surface area contributed by atoms with Crippen molar-refractivity contribution in [1.29, 1.82) is 0 Å². The summed E-state index contributed by atoms with van der Waals surface area (Å²) in [5.41, 5.74) is 1.70. The molecule has 0 amide bonds. The maximum Gasteiger partial charge on any atom is 0.372 e. The standard InChI is InChI=1S/C15H15N4O2.BrH/c1-2-21-14(20)11-18-9-6-12(7-10-18)15-16-13-5-3-4-8-19(13)17-15;/h3-10H,2,11H2,1H3;1H/q+1;/p-1. The van der Waals surface area contributed by atoms with Crippen molar-refractivity contribution in [3.05, 3.63) is 48.9 Å². The molecular formula is C15H15BrN4O2. The van der Waals surface area contributed by atoms with Gasteiger partial charge < -0.3 is 21.7 Å². The minimum Gasteiger partial charge on any atom is -1.00 e. The molecule has 0 fully saturated rings. The predicted molar refractivity (Wildman–Crippen MR) is 75.3 cm³/mol. The fourth-order valence-electron chi connectivity index (χ4n) is 2.02. The third-order valence-corrected chi connectivity index (χ3v) is 3.01. The van der Waals surface area contributed by atoms with E-state index < -0.39 is 0 Å². The highest BCUT2D eigenvalue weighted by atomic mass is 79.9. The molecule has 0 N–H and O–H groups in total. The Morgan fingerprint density at radius 2 is 2.05 bits per heavy atom. The van der Waals surface area contributed by atoms with Gasteiger partial charge in [0.1, 0.15) is 0 Å². The van der Waals surface area contributed by atoms with Crippen LogP contribution in [0.15, 0.2) is 48.9 Å². The van der Waals surface area contributed by atoms with Crippen LogP contribution in [0.3, 0.4) is 0 Å². The summed E-state index contributed by atoms with van der Waals surface area (Å²) in [5, 5.41) is 4.41. The largest absolute Gasteiger partial charge is 1.00 e. The van der Waals surface area contributed by atoms with Gasteiger partial charge in [0.25, 0.3) is 0 Å². The molecule has 3 aromatic heterocycles. The molecule has 0 aromatic carbocycles. The second-order valence-electron chi connectivity index (χ2n) is 4.50. The smallest absolute Gasteiger partial charge is 0.372 e. The average Bonchev–Trinajstić information content (AvgIpc) is 2.92. The molecular weight excluding hydrogens is 348 g/mol. The monoisotopic (exact) mass is 362 g/mol. The first-order valence-electron chi connectivity index (χ1n) is 6.73. The number of esters is 1. The van der Waals surface area contributed by atoms with Gasteiger partial charge >= 0.3 is 5.97 Å². The van der Waals surface area contributed by atoms with Crippen LogP contribution in [0.2, 0.25) is 0 Å². The second-order valence-corrected chi connectivity index (χ2v) is 4.50. The molecule has 0 atom stereocenters. The molecule has 3 heterocycles. The zero-order valence-electron chi connectivity index (χ0n) is 12.0. The molecule has 0 unspecified atom stereocenters. The van der Waals surface area contributed by atoms with Crippen LogP contribution < -0.4 is 21.5 Å². The average molecular weight is 363 g/mol. The van der Waals surface area contributed by atoms with Crippen LogP contribution in [-0.4, -0.2) is 27.2 Å². The third-order valence-electron chi connectivity index (χ3n) is 3.01. The Balaban J connectivity index is 0.00000176. The van der Waals surface area contributed by atoms with Crippen molar-refractivity contribution in [3.8, 4) is 11.4 Å². The third kappa shape index (κ3) is 3.48. The maximum atomic E-state index is 11.4. The van der Waals surface area contributed by atoms with Crippen LogP contribution in [0.1, 0.15) is 6.92 Å². The van der Waals surface area contributed by atoms with E-state index in [1.54, 1.807) is 16.0 Å². The Morgan fingerprint density at radius 3 is 2.73 bits per heavy atom. The number of hydrogen-bond acceptors (Lipinski definition) is 4. The number of carbonyl (C=O) groups is 1. The summed E-state index contributed by atoms with van der Waals surface area (Å²) in [6.45, 7) is 2.39. The number of halogens is 1. The van der Waals surface area contributed by atoms with E-state index in [2.05, 4.69) is 10.1 Å². The van der Waals surface area contributed by atoms with Crippen molar-refractivity contribution in [2.75, 3.05) is 6.61 Å². The lowest BCUT2D eigenvalue weighted by atomic mass is 10.2. The van der Waals surface area contributed by atoms with Gasteiger partial charge in [-0.05, 0) is 19.1 Å². The maximum absolute atomic E-state index is 11.4. The van der Waals surface area contributed by atoms with Crippen molar-refractivity contribution in [2.45, 2.75) is 13.5 Å². The summed E-state index contributed by atoms with van der Waals surface area (Å²) < 4.78 is 8.41. The molecule has 0 spiro atoms. The molecule has 0 aliphatic heterocycles. The van der Waals surface area contributed by atoms with Crippen LogP contribution in [0.5, 0.6) is 0 Å². The molecule has 6 nitrogen and oxygen atoms in total. The van der Waals surface area contributed by atoms with Gasteiger partial charge in [-0.1, -0.05) is 6.07 Å². The molecule has 0 bridgehead atoms. The molecule has 22 heavy (non-hydrogen) atoms. The topological polar surface area (TPSA) is 60.4 Å². The Kier molecular flexibility index (Phi) is 5.21. The molecule has 0 aliphatic carbocycles. The second kappa shape index (κ2) is 7.13. The Morgan fingerprint density at radius 1 is 1.27 bits per heavy atom. The zero-order chi connectivity index (χ0) is 14.7. The van der Waals surface area contributed by atoms with Gasteiger partial charge in [0.05, 0.1) is 6.61 Å². The van der Waals surface area contributed by atoms with Gasteiger partial charge in [0.15, 0.2) is 23.9 Å². The minimum absolute atomic E-state index is 0. The zero-order valence-corrected chi connectivity index (χ0v) is 13.6. The number of rotatable bonds is 4. The molecule has 114 valence electrons. The molecule has 3 rings (SSSR count). The predicted octanol–water partition coefficient (Wildman–Crippen LogP) is -1.75. The van der Waals surface area contributed by atoms with E-state index in [9.17, 15) is 4.79 Å². The molecule has 0 saturated carbocycles. The lowest BCUT2D eigenvalue weighted by Gasteiger charge is -1.98. The van der Waals surface area contributed by atoms with Gasteiger partial charge in [-0.3, -0.25) is 0 Å². The summed E-state index contributed by atoms with van der Waals surface area (Å²) in [7, 11) is 0. The lowest BCUT2D eigenvalue weighted by Crippen LogP contribution is -3.00. The van der Waals surface area contributed by atoms with Gasteiger partial charge in [0.2, 0.25) is 6.54 Å². The Hall–Kier alpha value is -2.28. The van der Waals surface area contributed by atoms with Gasteiger partial charge in [-0.2, -0.15) is 4.57 Å². The summed E-state index contributed by atoms with van der Waals surface area (Å²) in [5.74, 6) is 0.408. The van der Waals surface area contributed by atoms with Crippen molar-refractivity contribution in [1.82, 2.24) is 14.6 Å². The van der Waals surface area contributed by atoms with Crippen molar-refractivity contribution in [2.24, 2.45) is 0 Å². The number of pyridine rings is 2. The Bertz CT molecular complexity index is 738. The van der Waals surface area contributed by atoms with E-state index in [0.717, 1.165) is 11.2 Å². The van der Waals surface area contributed by atoms with E-state index in [0.29, 0.717) is 12.4 Å². The van der Waals surface area contributed by atoms with E-state index >= 15 is 0 Å². The van der Waals surface area contributed by atoms with E-state index in [4.69, 9.17) is 4.74 Å². The first-order chi connectivity index (χ1) is 10.3. The summed E-state index contributed by atoms with van der Waals surface area (Å²) >= 11 is 0. The number of nitrogens with zero attached hydrogens (tertiary/aromatic N) is 4. The van der Waals surface area contributed by atoms with E-state index in [-0.39, 0.29) is 29.5 Å². The number of aromatic nitrogens is 4. The lowest BCUT2D eigenvalue weighted by molar-refractivity contribution is -0.685. The normalized spacial score (nSPS) is 10.2. The Labute approximate surface area is 138 Å². The number of fused-ring (bicyclic) bond motifs is 1. The van der Waals surface area contributed by atoms with E-state index in [1.165, 1.54) is 0 Å². The summed E-state index contributed by atoms with van der Waals surface area (Å²) in [6.07, 6.45) is 5.49. The molecule has 0 radical (unpaired) electrons.